The number of para-hydroxylation sites is 1. The van der Waals surface area contributed by atoms with Gasteiger partial charge in [-0.2, -0.15) is 0 Å². The number of carbonyl (C=O) groups excluding carboxylic acids is 1. The van der Waals surface area contributed by atoms with Crippen molar-refractivity contribution in [2.45, 2.75) is 10.1 Å². The number of nitrogens with one attached hydrogen (secondary N) is 3. The summed E-state index contributed by atoms with van der Waals surface area (Å²) in [4.78, 5) is 24.0. The van der Waals surface area contributed by atoms with Crippen molar-refractivity contribution in [1.82, 2.24) is 20.3 Å². The highest BCUT2D eigenvalue weighted by molar-refractivity contribution is 7.99. The Morgan fingerprint density at radius 2 is 2.17 bits per heavy atom. The molecule has 2 heterocycles. The van der Waals surface area contributed by atoms with Crippen LogP contribution in [-0.2, 0) is 0 Å². The SMILES string of the molecule is CNC(=O)c1cccc2c(Sc3nc4ccc(Cl)cc4[nH]3)c[nH]c12. The zero-order valence-corrected chi connectivity index (χ0v) is 14.3. The van der Waals surface area contributed by atoms with Gasteiger partial charge in [-0.15, -0.1) is 0 Å². The maximum Gasteiger partial charge on any atom is 0.253 e. The van der Waals surface area contributed by atoms with Gasteiger partial charge in [0.1, 0.15) is 0 Å². The van der Waals surface area contributed by atoms with Gasteiger partial charge in [0, 0.05) is 28.5 Å². The molecule has 0 bridgehead atoms. The van der Waals surface area contributed by atoms with E-state index < -0.39 is 0 Å². The number of benzene rings is 2. The van der Waals surface area contributed by atoms with Crippen LogP contribution in [0, 0.1) is 0 Å². The number of hydrogen-bond donors (Lipinski definition) is 3. The van der Waals surface area contributed by atoms with Crippen molar-refractivity contribution >= 4 is 51.2 Å². The van der Waals surface area contributed by atoms with Crippen LogP contribution in [0.1, 0.15) is 10.4 Å². The summed E-state index contributed by atoms with van der Waals surface area (Å²) in [6.45, 7) is 0. The monoisotopic (exact) mass is 356 g/mol. The number of imidazole rings is 1. The van der Waals surface area contributed by atoms with Crippen molar-refractivity contribution < 1.29 is 4.79 Å². The van der Waals surface area contributed by atoms with E-state index in [4.69, 9.17) is 11.6 Å². The zero-order chi connectivity index (χ0) is 16.7. The first kappa shape index (κ1) is 15.1. The number of fused-ring (bicyclic) bond motifs is 2. The predicted molar refractivity (Wildman–Crippen MR) is 96.9 cm³/mol. The molecule has 0 aliphatic rings. The van der Waals surface area contributed by atoms with Crippen LogP contribution in [-0.4, -0.2) is 27.9 Å². The lowest BCUT2D eigenvalue weighted by atomic mass is 10.1. The standard InChI is InChI=1S/C17H13ClN4OS/c1-19-16(23)11-4-2-3-10-14(8-20-15(10)11)24-17-21-12-6-5-9(18)7-13(12)22-17/h2-8,20H,1H3,(H,19,23)(H,21,22). The molecule has 0 fully saturated rings. The number of rotatable bonds is 3. The summed E-state index contributed by atoms with van der Waals surface area (Å²) >= 11 is 7.52. The maximum atomic E-state index is 12.0. The van der Waals surface area contributed by atoms with Crippen LogP contribution in [0.15, 0.2) is 52.6 Å². The first-order chi connectivity index (χ1) is 11.7. The number of hydrogen-bond acceptors (Lipinski definition) is 3. The Labute approximate surface area is 146 Å². The minimum atomic E-state index is -0.114. The number of halogens is 1. The minimum absolute atomic E-state index is 0.114. The maximum absolute atomic E-state index is 12.0. The van der Waals surface area contributed by atoms with Gasteiger partial charge in [-0.1, -0.05) is 23.7 Å². The summed E-state index contributed by atoms with van der Waals surface area (Å²) in [5.41, 5.74) is 3.21. The lowest BCUT2D eigenvalue weighted by Crippen LogP contribution is -2.17. The lowest BCUT2D eigenvalue weighted by molar-refractivity contribution is 0.0964. The van der Waals surface area contributed by atoms with E-state index in [1.54, 1.807) is 13.1 Å². The molecule has 3 N–H and O–H groups in total. The van der Waals surface area contributed by atoms with E-state index in [1.165, 1.54) is 11.8 Å². The molecule has 0 radical (unpaired) electrons. The molecule has 0 unspecified atom stereocenters. The van der Waals surface area contributed by atoms with E-state index in [9.17, 15) is 4.79 Å². The molecule has 4 rings (SSSR count). The van der Waals surface area contributed by atoms with Crippen LogP contribution >= 0.6 is 23.4 Å². The molecule has 0 atom stereocenters. The Morgan fingerprint density at radius 3 is 3.00 bits per heavy atom. The van der Waals surface area contributed by atoms with Crippen LogP contribution in [0.2, 0.25) is 5.02 Å². The first-order valence-corrected chi connectivity index (χ1v) is 8.50. The second kappa shape index (κ2) is 5.89. The molecular weight excluding hydrogens is 344 g/mol. The number of amides is 1. The smallest absolute Gasteiger partial charge is 0.253 e. The van der Waals surface area contributed by atoms with E-state index >= 15 is 0 Å². The van der Waals surface area contributed by atoms with Crippen molar-refractivity contribution in [3.05, 3.63) is 53.2 Å². The van der Waals surface area contributed by atoms with Gasteiger partial charge in [-0.05, 0) is 36.0 Å². The molecule has 2 aromatic heterocycles. The van der Waals surface area contributed by atoms with Crippen LogP contribution in [0.3, 0.4) is 0 Å². The van der Waals surface area contributed by atoms with Gasteiger partial charge in [-0.25, -0.2) is 4.98 Å². The Balaban J connectivity index is 1.75. The van der Waals surface area contributed by atoms with Crippen LogP contribution in [0.25, 0.3) is 21.9 Å². The topological polar surface area (TPSA) is 73.6 Å². The van der Waals surface area contributed by atoms with Gasteiger partial charge in [0.05, 0.1) is 22.1 Å². The van der Waals surface area contributed by atoms with Crippen molar-refractivity contribution in [2.75, 3.05) is 7.05 Å². The number of aromatic nitrogens is 3. The molecule has 4 aromatic rings. The number of nitrogens with zero attached hydrogens (tertiary/aromatic N) is 1. The van der Waals surface area contributed by atoms with E-state index in [0.717, 1.165) is 32.0 Å². The fourth-order valence-electron chi connectivity index (χ4n) is 2.65. The Hall–Kier alpha value is -2.44. The average molecular weight is 357 g/mol. The highest BCUT2D eigenvalue weighted by Crippen LogP contribution is 2.34. The van der Waals surface area contributed by atoms with Gasteiger partial charge >= 0.3 is 0 Å². The van der Waals surface area contributed by atoms with Crippen molar-refractivity contribution in [3.63, 3.8) is 0 Å². The molecule has 0 saturated heterocycles. The van der Waals surface area contributed by atoms with Gasteiger partial charge in [0.15, 0.2) is 5.16 Å². The van der Waals surface area contributed by atoms with E-state index in [1.807, 2.05) is 36.5 Å². The van der Waals surface area contributed by atoms with Crippen LogP contribution in [0.5, 0.6) is 0 Å². The fourth-order valence-corrected chi connectivity index (χ4v) is 3.73. The third kappa shape index (κ3) is 2.53. The molecule has 120 valence electrons. The molecule has 0 aliphatic heterocycles. The van der Waals surface area contributed by atoms with Crippen molar-refractivity contribution in [2.24, 2.45) is 0 Å². The fraction of sp³-hybridized carbons (Fsp3) is 0.0588. The highest BCUT2D eigenvalue weighted by Gasteiger charge is 2.14. The average Bonchev–Trinajstić information content (AvgIpc) is 3.17. The molecule has 7 heteroatoms. The number of aromatic amines is 2. The van der Waals surface area contributed by atoms with Gasteiger partial charge < -0.3 is 15.3 Å². The summed E-state index contributed by atoms with van der Waals surface area (Å²) in [6.07, 6.45) is 1.89. The molecular formula is C17H13ClN4OS. The molecule has 24 heavy (non-hydrogen) atoms. The molecule has 0 aliphatic carbocycles. The third-order valence-corrected chi connectivity index (χ3v) is 4.96. The van der Waals surface area contributed by atoms with Gasteiger partial charge in [0.25, 0.3) is 5.91 Å². The second-order valence-electron chi connectivity index (χ2n) is 5.27. The summed E-state index contributed by atoms with van der Waals surface area (Å²) in [6, 6.07) is 11.2. The predicted octanol–water partition coefficient (Wildman–Crippen LogP) is 4.21. The van der Waals surface area contributed by atoms with Crippen LogP contribution < -0.4 is 5.32 Å². The minimum Gasteiger partial charge on any atom is -0.359 e. The quantitative estimate of drug-likeness (QED) is 0.515. The third-order valence-electron chi connectivity index (χ3n) is 3.78. The Bertz CT molecular complexity index is 1070. The second-order valence-corrected chi connectivity index (χ2v) is 6.73. The summed E-state index contributed by atoms with van der Waals surface area (Å²) < 4.78 is 0. The molecule has 0 saturated carbocycles. The summed E-state index contributed by atoms with van der Waals surface area (Å²) in [5.74, 6) is -0.114. The molecule has 2 aromatic carbocycles. The molecule has 0 spiro atoms. The van der Waals surface area contributed by atoms with E-state index in [-0.39, 0.29) is 5.91 Å². The Kier molecular flexibility index (Phi) is 3.70. The van der Waals surface area contributed by atoms with E-state index in [0.29, 0.717) is 10.6 Å². The number of H-pyrrole nitrogens is 2. The number of carbonyl (C=O) groups is 1. The molecule has 5 nitrogen and oxygen atoms in total. The molecule has 1 amide bonds. The van der Waals surface area contributed by atoms with Gasteiger partial charge in [-0.3, -0.25) is 4.79 Å². The zero-order valence-electron chi connectivity index (χ0n) is 12.7. The highest BCUT2D eigenvalue weighted by atomic mass is 35.5. The van der Waals surface area contributed by atoms with Crippen LogP contribution in [0.4, 0.5) is 0 Å². The summed E-state index contributed by atoms with van der Waals surface area (Å²) in [5, 5.41) is 5.09. The Morgan fingerprint density at radius 1 is 1.29 bits per heavy atom. The summed E-state index contributed by atoms with van der Waals surface area (Å²) in [7, 11) is 1.62. The van der Waals surface area contributed by atoms with Crippen molar-refractivity contribution in [1.29, 1.82) is 0 Å². The van der Waals surface area contributed by atoms with Crippen molar-refractivity contribution in [3.8, 4) is 0 Å². The first-order valence-electron chi connectivity index (χ1n) is 7.31. The lowest BCUT2D eigenvalue weighted by Gasteiger charge is -2.02. The largest absolute Gasteiger partial charge is 0.359 e. The normalized spacial score (nSPS) is 11.2. The van der Waals surface area contributed by atoms with E-state index in [2.05, 4.69) is 20.3 Å². The van der Waals surface area contributed by atoms with Gasteiger partial charge in [0.2, 0.25) is 0 Å².